The number of nitrogens with zero attached hydrogens (tertiary/aromatic N) is 12. The number of pyridine rings is 2. The Morgan fingerprint density at radius 3 is 1.35 bits per heavy atom. The Morgan fingerprint density at radius 2 is 1.00 bits per heavy atom. The number of aromatic amines is 2. The zero-order valence-electron chi connectivity index (χ0n) is 35.6. The first-order valence-corrected chi connectivity index (χ1v) is 21.8. The van der Waals surface area contributed by atoms with Gasteiger partial charge >= 0.3 is 11.4 Å². The summed E-state index contributed by atoms with van der Waals surface area (Å²) < 4.78 is 0. The molecule has 26 heteroatoms. The molecule has 2 aromatic carbocycles. The van der Waals surface area contributed by atoms with Gasteiger partial charge in [-0.1, -0.05) is 46.4 Å². The van der Waals surface area contributed by atoms with E-state index in [0.29, 0.717) is 77.0 Å². The fraction of sp³-hybridized carbons (Fsp3) is 0.143. The maximum Gasteiger partial charge on any atom is 0.311 e. The molecule has 0 aliphatic rings. The zero-order chi connectivity index (χ0) is 47.9. The average Bonchev–Trinajstić information content (AvgIpc) is 4.08. The molecule has 22 nitrogen and oxygen atoms in total. The Hall–Kier alpha value is -7.92. The first-order valence-electron chi connectivity index (χ1n) is 20.3. The van der Waals surface area contributed by atoms with Crippen molar-refractivity contribution in [2.45, 2.75) is 0 Å². The van der Waals surface area contributed by atoms with Crippen LogP contribution in [0, 0.1) is 20.2 Å². The number of imidazole rings is 2. The van der Waals surface area contributed by atoms with Gasteiger partial charge in [-0.15, -0.1) is 0 Å². The lowest BCUT2D eigenvalue weighted by atomic mass is 10.1. The molecule has 0 unspecified atom stereocenters. The normalized spacial score (nSPS) is 11.0. The summed E-state index contributed by atoms with van der Waals surface area (Å²) in [6.45, 7) is 0.463. The minimum atomic E-state index is -0.529. The molecule has 0 saturated carbocycles. The molecule has 0 aliphatic heterocycles. The maximum absolute atomic E-state index is 11.7. The van der Waals surface area contributed by atoms with E-state index in [0.717, 1.165) is 0 Å². The number of benzene rings is 2. The van der Waals surface area contributed by atoms with Crippen LogP contribution in [0.5, 0.6) is 0 Å². The summed E-state index contributed by atoms with van der Waals surface area (Å²) in [5.41, 5.74) is 2.48. The van der Waals surface area contributed by atoms with Crippen LogP contribution < -0.4 is 31.3 Å². The molecule has 68 heavy (non-hydrogen) atoms. The highest BCUT2D eigenvalue weighted by molar-refractivity contribution is 6.37. The maximum atomic E-state index is 11.7. The molecule has 8 rings (SSSR count). The third kappa shape index (κ3) is 10.2. The summed E-state index contributed by atoms with van der Waals surface area (Å²) in [5, 5.41) is 40.4. The molecule has 6 N–H and O–H groups in total. The highest BCUT2D eigenvalue weighted by Crippen LogP contribution is 2.38. The minimum absolute atomic E-state index is 0.0608. The standard InChI is InChI=1S/C42H36Cl4N18O4/c1-47-39-31(63(65)66)7-9-33(57-39)49-15-17-61(41-55-21-27(37-51-11-12-52-37)35(59-41)25-5-3-23(43)19-29(25)45)62(18-16-50-34-10-8-32(64(67)68)40(48-2)58-34)42-56-22-28(38-53-13-14-54-38)36(60-42)26-6-4-24(44)20-30(26)46/h3-14,19-22H,15-18H2,1-2H3,(H,51,52)(H,53,54)(H2,47,49,57)(H2,48,50,58). The van der Waals surface area contributed by atoms with Gasteiger partial charge in [0, 0.05) is 97.7 Å². The van der Waals surface area contributed by atoms with Gasteiger partial charge in [-0.2, -0.15) is 0 Å². The number of nitrogens with one attached hydrogen (secondary N) is 6. The van der Waals surface area contributed by atoms with Crippen LogP contribution in [0.25, 0.3) is 45.3 Å². The molecular formula is C42H36Cl4N18O4. The second-order valence-corrected chi connectivity index (χ2v) is 15.9. The van der Waals surface area contributed by atoms with E-state index in [9.17, 15) is 20.2 Å². The third-order valence-corrected chi connectivity index (χ3v) is 11.2. The smallest absolute Gasteiger partial charge is 0.311 e. The number of anilines is 6. The van der Waals surface area contributed by atoms with E-state index < -0.39 is 9.85 Å². The summed E-state index contributed by atoms with van der Waals surface area (Å²) in [4.78, 5) is 66.4. The van der Waals surface area contributed by atoms with Crippen LogP contribution in [0.15, 0.2) is 97.8 Å². The second-order valence-electron chi connectivity index (χ2n) is 14.2. The number of aromatic nitrogens is 10. The Kier molecular flexibility index (Phi) is 14.2. The first kappa shape index (κ1) is 46.6. The fourth-order valence-corrected chi connectivity index (χ4v) is 7.94. The number of H-pyrrole nitrogens is 2. The molecule has 0 radical (unpaired) electrons. The van der Waals surface area contributed by atoms with Crippen molar-refractivity contribution in [3.63, 3.8) is 0 Å². The van der Waals surface area contributed by atoms with Gasteiger partial charge < -0.3 is 31.2 Å². The minimum Gasteiger partial charge on any atom is -0.368 e. The highest BCUT2D eigenvalue weighted by atomic mass is 35.5. The Morgan fingerprint density at radius 1 is 0.574 bits per heavy atom. The van der Waals surface area contributed by atoms with Crippen LogP contribution in [0.4, 0.5) is 46.5 Å². The molecule has 0 amide bonds. The summed E-state index contributed by atoms with van der Waals surface area (Å²) >= 11 is 26.4. The van der Waals surface area contributed by atoms with Crippen LogP contribution in [0.2, 0.25) is 20.1 Å². The number of hydrazine groups is 1. The summed E-state index contributed by atoms with van der Waals surface area (Å²) in [7, 11) is 3.07. The average molecular weight is 999 g/mol. The summed E-state index contributed by atoms with van der Waals surface area (Å²) in [6.07, 6.45) is 9.75. The third-order valence-electron chi connectivity index (χ3n) is 10.1. The van der Waals surface area contributed by atoms with Crippen LogP contribution in [-0.4, -0.2) is 100.0 Å². The van der Waals surface area contributed by atoms with E-state index in [4.69, 9.17) is 66.3 Å². The van der Waals surface area contributed by atoms with Gasteiger partial charge in [0.25, 0.3) is 0 Å². The van der Waals surface area contributed by atoms with Crippen molar-refractivity contribution in [2.24, 2.45) is 0 Å². The van der Waals surface area contributed by atoms with Crippen molar-refractivity contribution < 1.29 is 9.85 Å². The number of nitro groups is 2. The summed E-state index contributed by atoms with van der Waals surface area (Å²) in [5.74, 6) is 2.01. The van der Waals surface area contributed by atoms with E-state index in [1.165, 1.54) is 38.4 Å². The van der Waals surface area contributed by atoms with E-state index in [1.54, 1.807) is 83.6 Å². The quantitative estimate of drug-likeness (QED) is 0.0325. The van der Waals surface area contributed by atoms with Crippen molar-refractivity contribution in [1.29, 1.82) is 0 Å². The van der Waals surface area contributed by atoms with Gasteiger partial charge in [-0.3, -0.25) is 20.2 Å². The highest BCUT2D eigenvalue weighted by Gasteiger charge is 2.28. The monoisotopic (exact) mass is 996 g/mol. The molecule has 0 spiro atoms. The van der Waals surface area contributed by atoms with Crippen LogP contribution in [-0.2, 0) is 0 Å². The van der Waals surface area contributed by atoms with Gasteiger partial charge in [-0.05, 0) is 48.5 Å². The molecule has 0 bridgehead atoms. The van der Waals surface area contributed by atoms with Crippen molar-refractivity contribution in [3.05, 3.63) is 138 Å². The molecule has 0 aliphatic carbocycles. The zero-order valence-corrected chi connectivity index (χ0v) is 38.6. The number of hydrogen-bond donors (Lipinski definition) is 6. The van der Waals surface area contributed by atoms with Crippen LogP contribution in [0.3, 0.4) is 0 Å². The van der Waals surface area contributed by atoms with Crippen LogP contribution >= 0.6 is 46.4 Å². The van der Waals surface area contributed by atoms with Crippen molar-refractivity contribution in [2.75, 3.05) is 71.6 Å². The van der Waals surface area contributed by atoms with Gasteiger partial charge in [-0.25, -0.2) is 49.9 Å². The van der Waals surface area contributed by atoms with E-state index in [1.807, 2.05) is 0 Å². The molecule has 0 saturated heterocycles. The van der Waals surface area contributed by atoms with Gasteiger partial charge in [0.15, 0.2) is 0 Å². The van der Waals surface area contributed by atoms with Crippen molar-refractivity contribution in [1.82, 2.24) is 49.8 Å². The van der Waals surface area contributed by atoms with Gasteiger partial charge in [0.2, 0.25) is 23.5 Å². The fourth-order valence-electron chi connectivity index (χ4n) is 6.94. The van der Waals surface area contributed by atoms with E-state index in [2.05, 4.69) is 51.2 Å². The predicted octanol–water partition coefficient (Wildman–Crippen LogP) is 9.14. The van der Waals surface area contributed by atoms with Crippen LogP contribution in [0.1, 0.15) is 0 Å². The second kappa shape index (κ2) is 20.7. The summed E-state index contributed by atoms with van der Waals surface area (Å²) in [6, 6.07) is 15.8. The molecule has 0 atom stereocenters. The van der Waals surface area contributed by atoms with E-state index in [-0.39, 0.29) is 61.1 Å². The van der Waals surface area contributed by atoms with Gasteiger partial charge in [0.05, 0.1) is 55.5 Å². The Bertz CT molecular complexity index is 2900. The lowest BCUT2D eigenvalue weighted by molar-refractivity contribution is -0.384. The molecule has 6 heterocycles. The molecule has 8 aromatic rings. The number of hydrogen-bond acceptors (Lipinski definition) is 18. The van der Waals surface area contributed by atoms with E-state index >= 15 is 0 Å². The van der Waals surface area contributed by atoms with Crippen molar-refractivity contribution in [3.8, 4) is 45.3 Å². The van der Waals surface area contributed by atoms with Crippen molar-refractivity contribution >= 4 is 92.9 Å². The first-order chi connectivity index (χ1) is 32.9. The number of halogens is 4. The Labute approximate surface area is 405 Å². The molecule has 0 fully saturated rings. The number of rotatable bonds is 19. The SMILES string of the molecule is CNc1nc(NCCN(c2ncc(-c3ncc[nH]3)c(-c3ccc(Cl)cc3Cl)n2)N(CCNc2ccc([N+](=O)[O-])c(NC)n2)c2ncc(-c3ncc[nH]3)c(-c3ccc(Cl)cc3Cl)n2)ccc1[N+](=O)[O-]. The lowest BCUT2D eigenvalue weighted by Crippen LogP contribution is -2.49. The largest absolute Gasteiger partial charge is 0.368 e. The molecule has 346 valence electrons. The van der Waals surface area contributed by atoms with Gasteiger partial charge in [0.1, 0.15) is 23.3 Å². The molecule has 6 aromatic heterocycles. The Balaban J connectivity index is 1.29. The molecular weight excluding hydrogens is 962 g/mol. The lowest BCUT2D eigenvalue weighted by Gasteiger charge is -2.35. The topological polar surface area (TPSA) is 276 Å². The predicted molar refractivity (Wildman–Crippen MR) is 263 cm³/mol.